The quantitative estimate of drug-likeness (QED) is 0.798. The highest BCUT2D eigenvalue weighted by Gasteiger charge is 2.28. The Hall–Kier alpha value is -1.10. The van der Waals surface area contributed by atoms with Crippen molar-refractivity contribution in [1.82, 2.24) is 10.2 Å². The Morgan fingerprint density at radius 2 is 2.05 bits per heavy atom. The SMILES string of the molecule is CC(=O)NC1CCCN(C(=O)CC(N)C(C)(C)C)C1. The lowest BCUT2D eigenvalue weighted by Gasteiger charge is -2.35. The van der Waals surface area contributed by atoms with E-state index in [1.165, 1.54) is 6.92 Å². The zero-order valence-electron chi connectivity index (χ0n) is 12.5. The molecular formula is C14H27N3O2. The van der Waals surface area contributed by atoms with E-state index in [0.29, 0.717) is 13.0 Å². The second kappa shape index (κ2) is 6.37. The fraction of sp³-hybridized carbons (Fsp3) is 0.857. The molecule has 1 heterocycles. The highest BCUT2D eigenvalue weighted by Crippen LogP contribution is 2.21. The highest BCUT2D eigenvalue weighted by atomic mass is 16.2. The summed E-state index contributed by atoms with van der Waals surface area (Å²) in [7, 11) is 0. The number of hydrogen-bond donors (Lipinski definition) is 2. The standard InChI is InChI=1S/C14H27N3O2/c1-10(18)16-11-6-5-7-17(9-11)13(19)8-12(15)14(2,3)4/h11-12H,5-9,15H2,1-4H3,(H,16,18). The van der Waals surface area contributed by atoms with Crippen molar-refractivity contribution in [3.05, 3.63) is 0 Å². The Balaban J connectivity index is 2.50. The summed E-state index contributed by atoms with van der Waals surface area (Å²) in [5, 5.41) is 2.89. The molecule has 0 radical (unpaired) electrons. The lowest BCUT2D eigenvalue weighted by molar-refractivity contribution is -0.134. The van der Waals surface area contributed by atoms with Crippen molar-refractivity contribution < 1.29 is 9.59 Å². The lowest BCUT2D eigenvalue weighted by Crippen LogP contribution is -2.50. The molecule has 1 fully saturated rings. The van der Waals surface area contributed by atoms with Crippen LogP contribution in [-0.4, -0.2) is 41.9 Å². The summed E-state index contributed by atoms with van der Waals surface area (Å²) >= 11 is 0. The van der Waals surface area contributed by atoms with Gasteiger partial charge in [0.1, 0.15) is 0 Å². The Bertz CT molecular complexity index is 336. The number of nitrogens with two attached hydrogens (primary N) is 1. The molecule has 3 N–H and O–H groups in total. The molecule has 0 aliphatic carbocycles. The van der Waals surface area contributed by atoms with Gasteiger partial charge in [-0.3, -0.25) is 9.59 Å². The van der Waals surface area contributed by atoms with Gasteiger partial charge < -0.3 is 16.0 Å². The van der Waals surface area contributed by atoms with Gasteiger partial charge in [0.15, 0.2) is 0 Å². The van der Waals surface area contributed by atoms with E-state index in [9.17, 15) is 9.59 Å². The van der Waals surface area contributed by atoms with Crippen LogP contribution in [0, 0.1) is 5.41 Å². The van der Waals surface area contributed by atoms with E-state index in [0.717, 1.165) is 19.4 Å². The van der Waals surface area contributed by atoms with Crippen molar-refractivity contribution in [1.29, 1.82) is 0 Å². The topological polar surface area (TPSA) is 75.4 Å². The summed E-state index contributed by atoms with van der Waals surface area (Å²) in [5.74, 6) is 0.0585. The molecule has 2 unspecified atom stereocenters. The first-order valence-corrected chi connectivity index (χ1v) is 7.00. The van der Waals surface area contributed by atoms with E-state index >= 15 is 0 Å². The van der Waals surface area contributed by atoms with Crippen LogP contribution in [0.25, 0.3) is 0 Å². The van der Waals surface area contributed by atoms with Gasteiger partial charge in [-0.15, -0.1) is 0 Å². The Kier molecular flexibility index (Phi) is 5.35. The highest BCUT2D eigenvalue weighted by molar-refractivity contribution is 5.77. The van der Waals surface area contributed by atoms with E-state index in [1.807, 2.05) is 25.7 Å². The lowest BCUT2D eigenvalue weighted by atomic mass is 9.85. The summed E-state index contributed by atoms with van der Waals surface area (Å²) in [4.78, 5) is 25.1. The molecule has 0 saturated carbocycles. The van der Waals surface area contributed by atoms with Crippen LogP contribution >= 0.6 is 0 Å². The number of hydrogen-bond acceptors (Lipinski definition) is 3. The summed E-state index contributed by atoms with van der Waals surface area (Å²) in [5.41, 5.74) is 5.99. The molecule has 19 heavy (non-hydrogen) atoms. The van der Waals surface area contributed by atoms with Crippen LogP contribution in [-0.2, 0) is 9.59 Å². The van der Waals surface area contributed by atoms with E-state index in [-0.39, 0.29) is 29.3 Å². The fourth-order valence-corrected chi connectivity index (χ4v) is 2.23. The van der Waals surface area contributed by atoms with Crippen molar-refractivity contribution in [2.75, 3.05) is 13.1 Å². The number of nitrogens with zero attached hydrogens (tertiary/aromatic N) is 1. The van der Waals surface area contributed by atoms with Gasteiger partial charge in [0, 0.05) is 38.5 Å². The van der Waals surface area contributed by atoms with Gasteiger partial charge in [0.2, 0.25) is 11.8 Å². The van der Waals surface area contributed by atoms with Crippen molar-refractivity contribution in [2.24, 2.45) is 11.1 Å². The maximum absolute atomic E-state index is 12.2. The average molecular weight is 269 g/mol. The number of likely N-dealkylation sites (tertiary alicyclic amines) is 1. The molecule has 2 amide bonds. The first kappa shape index (κ1) is 16.0. The van der Waals surface area contributed by atoms with Gasteiger partial charge in [0.25, 0.3) is 0 Å². The average Bonchev–Trinajstić information content (AvgIpc) is 2.27. The van der Waals surface area contributed by atoms with Gasteiger partial charge in [-0.25, -0.2) is 0 Å². The third kappa shape index (κ3) is 5.19. The van der Waals surface area contributed by atoms with Crippen LogP contribution in [0.3, 0.4) is 0 Å². The number of rotatable bonds is 3. The monoisotopic (exact) mass is 269 g/mol. The normalized spacial score (nSPS) is 21.9. The number of carbonyl (C=O) groups is 2. The molecule has 1 aliphatic heterocycles. The molecule has 0 bridgehead atoms. The molecule has 2 atom stereocenters. The summed E-state index contributed by atoms with van der Waals surface area (Å²) in [6.45, 7) is 9.02. The second-order valence-corrected chi connectivity index (χ2v) is 6.56. The first-order valence-electron chi connectivity index (χ1n) is 7.00. The number of amides is 2. The van der Waals surface area contributed by atoms with Crippen LogP contribution in [0.2, 0.25) is 0 Å². The summed E-state index contributed by atoms with van der Waals surface area (Å²) in [6.07, 6.45) is 2.24. The van der Waals surface area contributed by atoms with Crippen LogP contribution in [0.1, 0.15) is 47.0 Å². The van der Waals surface area contributed by atoms with E-state index in [1.54, 1.807) is 0 Å². The van der Waals surface area contributed by atoms with Crippen molar-refractivity contribution >= 4 is 11.8 Å². The van der Waals surface area contributed by atoms with Gasteiger partial charge in [-0.1, -0.05) is 20.8 Å². The minimum absolute atomic E-state index is 0.0364. The third-order valence-corrected chi connectivity index (χ3v) is 3.69. The maximum Gasteiger partial charge on any atom is 0.224 e. The third-order valence-electron chi connectivity index (χ3n) is 3.69. The number of piperidine rings is 1. The van der Waals surface area contributed by atoms with E-state index in [2.05, 4.69) is 5.32 Å². The predicted octanol–water partition coefficient (Wildman–Crippen LogP) is 0.877. The minimum Gasteiger partial charge on any atom is -0.352 e. The Morgan fingerprint density at radius 1 is 1.42 bits per heavy atom. The largest absolute Gasteiger partial charge is 0.352 e. The molecule has 0 aromatic carbocycles. The van der Waals surface area contributed by atoms with Gasteiger partial charge in [0.05, 0.1) is 0 Å². The predicted molar refractivity (Wildman–Crippen MR) is 75.5 cm³/mol. The number of nitrogens with one attached hydrogen (secondary N) is 1. The molecule has 1 rings (SSSR count). The summed E-state index contributed by atoms with van der Waals surface area (Å²) < 4.78 is 0. The molecule has 5 nitrogen and oxygen atoms in total. The van der Waals surface area contributed by atoms with Crippen molar-refractivity contribution in [2.45, 2.75) is 59.0 Å². The van der Waals surface area contributed by atoms with Crippen molar-refractivity contribution in [3.8, 4) is 0 Å². The minimum atomic E-state index is -0.138. The van der Waals surface area contributed by atoms with Crippen LogP contribution < -0.4 is 11.1 Å². The molecule has 110 valence electrons. The smallest absolute Gasteiger partial charge is 0.224 e. The van der Waals surface area contributed by atoms with Crippen LogP contribution in [0.5, 0.6) is 0 Å². The summed E-state index contributed by atoms with van der Waals surface area (Å²) in [6, 6.07) is -0.0535. The van der Waals surface area contributed by atoms with Gasteiger partial charge in [-0.05, 0) is 18.3 Å². The van der Waals surface area contributed by atoms with Gasteiger partial charge in [-0.2, -0.15) is 0 Å². The second-order valence-electron chi connectivity index (χ2n) is 6.56. The molecule has 0 spiro atoms. The fourth-order valence-electron chi connectivity index (χ4n) is 2.23. The first-order chi connectivity index (χ1) is 8.70. The van der Waals surface area contributed by atoms with Crippen LogP contribution in [0.15, 0.2) is 0 Å². The number of carbonyl (C=O) groups excluding carboxylic acids is 2. The van der Waals surface area contributed by atoms with Gasteiger partial charge >= 0.3 is 0 Å². The van der Waals surface area contributed by atoms with Crippen molar-refractivity contribution in [3.63, 3.8) is 0 Å². The zero-order valence-corrected chi connectivity index (χ0v) is 12.5. The molecule has 1 saturated heterocycles. The molecule has 1 aliphatic rings. The Labute approximate surface area is 115 Å². The molecule has 5 heteroatoms. The van der Waals surface area contributed by atoms with E-state index in [4.69, 9.17) is 5.73 Å². The molecule has 0 aromatic heterocycles. The zero-order chi connectivity index (χ0) is 14.6. The molecular weight excluding hydrogens is 242 g/mol. The van der Waals surface area contributed by atoms with E-state index < -0.39 is 0 Å². The van der Waals surface area contributed by atoms with Crippen LogP contribution in [0.4, 0.5) is 0 Å². The maximum atomic E-state index is 12.2. The molecule has 0 aromatic rings. The Morgan fingerprint density at radius 3 is 2.58 bits per heavy atom.